The maximum Gasteiger partial charge on any atom is 0.293 e. The monoisotopic (exact) mass is 359 g/mol. The standard InChI is InChI=1S/C18H18ClN3O3/c1-21(11-12-3-2-4-14(19)9-12)18(23)13-5-8-16(20-15-6-7-15)17(10-13)22(24)25/h2-5,8-10,15,20H,6-7,11H2,1H3. The predicted molar refractivity (Wildman–Crippen MR) is 97.0 cm³/mol. The van der Waals surface area contributed by atoms with Gasteiger partial charge in [-0.05, 0) is 42.7 Å². The largest absolute Gasteiger partial charge is 0.377 e. The molecule has 130 valence electrons. The fourth-order valence-corrected chi connectivity index (χ4v) is 2.80. The predicted octanol–water partition coefficient (Wildman–Crippen LogP) is 4.09. The molecular weight excluding hydrogens is 342 g/mol. The number of nitrogens with zero attached hydrogens (tertiary/aromatic N) is 2. The minimum atomic E-state index is -0.460. The first-order chi connectivity index (χ1) is 11.9. The Morgan fingerprint density at radius 3 is 2.72 bits per heavy atom. The number of hydrogen-bond acceptors (Lipinski definition) is 4. The summed E-state index contributed by atoms with van der Waals surface area (Å²) < 4.78 is 0. The normalized spacial score (nSPS) is 13.4. The van der Waals surface area contributed by atoms with Crippen molar-refractivity contribution in [2.45, 2.75) is 25.4 Å². The van der Waals surface area contributed by atoms with E-state index in [9.17, 15) is 14.9 Å². The molecule has 0 heterocycles. The highest BCUT2D eigenvalue weighted by Gasteiger charge is 2.26. The number of anilines is 1. The van der Waals surface area contributed by atoms with E-state index in [1.165, 1.54) is 11.0 Å². The molecule has 1 fully saturated rings. The fraction of sp³-hybridized carbons (Fsp3) is 0.278. The van der Waals surface area contributed by atoms with E-state index in [0.717, 1.165) is 18.4 Å². The Balaban J connectivity index is 1.78. The van der Waals surface area contributed by atoms with Crippen LogP contribution in [-0.2, 0) is 6.54 Å². The number of nitro benzene ring substituents is 1. The quantitative estimate of drug-likeness (QED) is 0.622. The number of benzene rings is 2. The molecular formula is C18H18ClN3O3. The van der Waals surface area contributed by atoms with Gasteiger partial charge in [0.25, 0.3) is 11.6 Å². The van der Waals surface area contributed by atoms with Crippen LogP contribution in [0.15, 0.2) is 42.5 Å². The van der Waals surface area contributed by atoms with E-state index in [1.807, 2.05) is 12.1 Å². The zero-order valence-electron chi connectivity index (χ0n) is 13.7. The number of amides is 1. The summed E-state index contributed by atoms with van der Waals surface area (Å²) in [6.07, 6.45) is 2.03. The lowest BCUT2D eigenvalue weighted by Gasteiger charge is -2.18. The molecule has 1 N–H and O–H groups in total. The van der Waals surface area contributed by atoms with Gasteiger partial charge in [0.1, 0.15) is 5.69 Å². The molecule has 0 unspecified atom stereocenters. The summed E-state index contributed by atoms with van der Waals surface area (Å²) in [5.74, 6) is -0.277. The van der Waals surface area contributed by atoms with Crippen LogP contribution in [0.25, 0.3) is 0 Å². The average molecular weight is 360 g/mol. The second kappa shape index (κ2) is 7.11. The van der Waals surface area contributed by atoms with Crippen LogP contribution in [0.2, 0.25) is 5.02 Å². The second-order valence-corrected chi connectivity index (χ2v) is 6.64. The number of nitro groups is 1. The van der Waals surface area contributed by atoms with Gasteiger partial charge in [0.2, 0.25) is 0 Å². The first kappa shape index (κ1) is 17.2. The van der Waals surface area contributed by atoms with E-state index < -0.39 is 4.92 Å². The minimum absolute atomic E-state index is 0.0751. The maximum absolute atomic E-state index is 12.6. The molecule has 1 saturated carbocycles. The molecule has 1 aliphatic carbocycles. The molecule has 0 atom stereocenters. The van der Waals surface area contributed by atoms with Gasteiger partial charge in [0, 0.05) is 36.3 Å². The Labute approximate surface area is 150 Å². The number of halogens is 1. The van der Waals surface area contributed by atoms with Crippen molar-refractivity contribution in [3.63, 3.8) is 0 Å². The number of hydrogen-bond donors (Lipinski definition) is 1. The third-order valence-corrected chi connectivity index (χ3v) is 4.27. The van der Waals surface area contributed by atoms with Gasteiger partial charge in [0.15, 0.2) is 0 Å². The first-order valence-electron chi connectivity index (χ1n) is 7.99. The van der Waals surface area contributed by atoms with Gasteiger partial charge in [-0.2, -0.15) is 0 Å². The van der Waals surface area contributed by atoms with Crippen LogP contribution >= 0.6 is 11.6 Å². The van der Waals surface area contributed by atoms with Crippen molar-refractivity contribution in [1.29, 1.82) is 0 Å². The number of carbonyl (C=O) groups excluding carboxylic acids is 1. The van der Waals surface area contributed by atoms with E-state index in [2.05, 4.69) is 5.32 Å². The van der Waals surface area contributed by atoms with Crippen molar-refractivity contribution < 1.29 is 9.72 Å². The Bertz CT molecular complexity index is 821. The van der Waals surface area contributed by atoms with Crippen molar-refractivity contribution in [2.24, 2.45) is 0 Å². The molecule has 0 bridgehead atoms. The number of nitrogens with one attached hydrogen (secondary N) is 1. The summed E-state index contributed by atoms with van der Waals surface area (Å²) in [6, 6.07) is 12.1. The van der Waals surface area contributed by atoms with Crippen LogP contribution in [0.3, 0.4) is 0 Å². The van der Waals surface area contributed by atoms with Crippen molar-refractivity contribution in [1.82, 2.24) is 4.90 Å². The highest BCUT2D eigenvalue weighted by molar-refractivity contribution is 6.30. The molecule has 25 heavy (non-hydrogen) atoms. The molecule has 0 spiro atoms. The number of rotatable bonds is 6. The van der Waals surface area contributed by atoms with Crippen LogP contribution in [-0.4, -0.2) is 28.8 Å². The molecule has 3 rings (SSSR count). The second-order valence-electron chi connectivity index (χ2n) is 6.20. The molecule has 6 nitrogen and oxygen atoms in total. The molecule has 0 aromatic heterocycles. The van der Waals surface area contributed by atoms with E-state index in [4.69, 9.17) is 11.6 Å². The Morgan fingerprint density at radius 2 is 2.08 bits per heavy atom. The van der Waals surface area contributed by atoms with Gasteiger partial charge >= 0.3 is 0 Å². The summed E-state index contributed by atoms with van der Waals surface area (Å²) in [4.78, 5) is 25.0. The molecule has 0 saturated heterocycles. The summed E-state index contributed by atoms with van der Waals surface area (Å²) in [6.45, 7) is 0.370. The van der Waals surface area contributed by atoms with Crippen molar-refractivity contribution in [3.8, 4) is 0 Å². The van der Waals surface area contributed by atoms with Gasteiger partial charge in [-0.15, -0.1) is 0 Å². The van der Waals surface area contributed by atoms with Gasteiger partial charge in [-0.1, -0.05) is 23.7 Å². The van der Waals surface area contributed by atoms with E-state index in [0.29, 0.717) is 23.3 Å². The Kier molecular flexibility index (Phi) is 4.90. The maximum atomic E-state index is 12.6. The Morgan fingerprint density at radius 1 is 1.32 bits per heavy atom. The van der Waals surface area contributed by atoms with Crippen molar-refractivity contribution >= 4 is 28.9 Å². The lowest BCUT2D eigenvalue weighted by Crippen LogP contribution is -2.26. The molecule has 7 heteroatoms. The summed E-state index contributed by atoms with van der Waals surface area (Å²) in [7, 11) is 1.66. The third kappa shape index (κ3) is 4.28. The lowest BCUT2D eigenvalue weighted by molar-refractivity contribution is -0.384. The van der Waals surface area contributed by atoms with Gasteiger partial charge < -0.3 is 10.2 Å². The Hall–Kier alpha value is -2.60. The number of carbonyl (C=O) groups is 1. The smallest absolute Gasteiger partial charge is 0.293 e. The summed E-state index contributed by atoms with van der Waals surface area (Å²) in [5.41, 5.74) is 1.57. The SMILES string of the molecule is CN(Cc1cccc(Cl)c1)C(=O)c1ccc(NC2CC2)c([N+](=O)[O-])c1. The molecule has 1 amide bonds. The zero-order chi connectivity index (χ0) is 18.0. The van der Waals surface area contributed by atoms with Crippen molar-refractivity contribution in [2.75, 3.05) is 12.4 Å². The van der Waals surface area contributed by atoms with Crippen LogP contribution in [0.4, 0.5) is 11.4 Å². The van der Waals surface area contributed by atoms with Gasteiger partial charge in [-0.25, -0.2) is 0 Å². The summed E-state index contributed by atoms with van der Waals surface area (Å²) >= 11 is 5.96. The zero-order valence-corrected chi connectivity index (χ0v) is 14.5. The molecule has 0 radical (unpaired) electrons. The molecule has 0 aliphatic heterocycles. The van der Waals surface area contributed by atoms with Crippen molar-refractivity contribution in [3.05, 3.63) is 68.7 Å². The lowest BCUT2D eigenvalue weighted by atomic mass is 10.1. The van der Waals surface area contributed by atoms with Crippen LogP contribution in [0.5, 0.6) is 0 Å². The topological polar surface area (TPSA) is 75.5 Å². The highest BCUT2D eigenvalue weighted by atomic mass is 35.5. The minimum Gasteiger partial charge on any atom is -0.377 e. The van der Waals surface area contributed by atoms with Crippen LogP contribution < -0.4 is 5.32 Å². The average Bonchev–Trinajstić information content (AvgIpc) is 3.38. The molecule has 2 aromatic carbocycles. The summed E-state index contributed by atoms with van der Waals surface area (Å²) in [5, 5.41) is 15.1. The fourth-order valence-electron chi connectivity index (χ4n) is 2.59. The van der Waals surface area contributed by atoms with E-state index in [-0.39, 0.29) is 17.2 Å². The molecule has 2 aromatic rings. The van der Waals surface area contributed by atoms with Crippen LogP contribution in [0, 0.1) is 10.1 Å². The third-order valence-electron chi connectivity index (χ3n) is 4.03. The van der Waals surface area contributed by atoms with Gasteiger partial charge in [-0.3, -0.25) is 14.9 Å². The van der Waals surface area contributed by atoms with Crippen LogP contribution in [0.1, 0.15) is 28.8 Å². The highest BCUT2D eigenvalue weighted by Crippen LogP contribution is 2.31. The molecule has 1 aliphatic rings. The van der Waals surface area contributed by atoms with Gasteiger partial charge in [0.05, 0.1) is 4.92 Å². The van der Waals surface area contributed by atoms with E-state index in [1.54, 1.807) is 31.3 Å². The van der Waals surface area contributed by atoms with E-state index >= 15 is 0 Å². The first-order valence-corrected chi connectivity index (χ1v) is 8.37.